The fourth-order valence-corrected chi connectivity index (χ4v) is 8.02. The number of rotatable bonds is 7. The molecule has 7 nitrogen and oxygen atoms in total. The van der Waals surface area contributed by atoms with E-state index in [-0.39, 0.29) is 0 Å². The molecule has 4 atom stereocenters. The van der Waals surface area contributed by atoms with Gasteiger partial charge in [-0.2, -0.15) is 0 Å². The number of esters is 1. The summed E-state index contributed by atoms with van der Waals surface area (Å²) in [6, 6.07) is 19.8. The molecule has 3 aromatic carbocycles. The first kappa shape index (κ1) is 28.4. The van der Waals surface area contributed by atoms with Crippen molar-refractivity contribution in [2.24, 2.45) is 17.8 Å². The molecule has 0 radical (unpaired) electrons. The van der Waals surface area contributed by atoms with Crippen LogP contribution in [0.4, 0.5) is 0 Å². The Hall–Kier alpha value is -3.68. The molecule has 216 valence electrons. The van der Waals surface area contributed by atoms with Gasteiger partial charge in [-0.3, -0.25) is 19.3 Å². The zero-order valence-electron chi connectivity index (χ0n) is 23.5. The fraction of sp³-hybridized carbons (Fsp3) is 0.333. The minimum atomic E-state index is -1.36. The van der Waals surface area contributed by atoms with Crippen molar-refractivity contribution in [3.63, 3.8) is 0 Å². The predicted octanol–water partition coefficient (Wildman–Crippen LogP) is 5.43. The Kier molecular flexibility index (Phi) is 6.74. The van der Waals surface area contributed by atoms with Crippen molar-refractivity contribution >= 4 is 46.8 Å². The quantitative estimate of drug-likeness (QED) is 0.154. The number of hydrogen-bond donors (Lipinski definition) is 0. The minimum absolute atomic E-state index is 0.330. The molecule has 0 N–H and O–H groups in total. The Morgan fingerprint density at radius 2 is 1.19 bits per heavy atom. The van der Waals surface area contributed by atoms with Crippen molar-refractivity contribution in [2.45, 2.75) is 42.7 Å². The zero-order chi connectivity index (χ0) is 30.1. The first-order valence-corrected chi connectivity index (χ1v) is 14.6. The van der Waals surface area contributed by atoms with Crippen LogP contribution >= 0.6 is 23.2 Å². The summed E-state index contributed by atoms with van der Waals surface area (Å²) in [4.78, 5) is 53.7. The molecule has 0 spiro atoms. The highest BCUT2D eigenvalue weighted by Crippen LogP contribution is 2.69. The molecule has 3 aromatic rings. The number of amides is 2. The number of nitrogens with zero attached hydrogens (tertiary/aromatic N) is 1. The number of alkyl halides is 2. The van der Waals surface area contributed by atoms with Gasteiger partial charge in [-0.25, -0.2) is 4.79 Å². The molecule has 0 unspecified atom stereocenters. The van der Waals surface area contributed by atoms with E-state index >= 15 is 0 Å². The Morgan fingerprint density at radius 1 is 0.762 bits per heavy atom. The van der Waals surface area contributed by atoms with Gasteiger partial charge >= 0.3 is 5.97 Å². The Balaban J connectivity index is 1.37. The highest BCUT2D eigenvalue weighted by atomic mass is 35.5. The largest absolute Gasteiger partial charge is 0.497 e. The number of halogens is 2. The molecule has 2 amide bonds. The number of likely N-dealkylation sites (tertiary alicyclic amines) is 1. The number of imide groups is 1. The fourth-order valence-electron chi connectivity index (χ4n) is 6.93. The van der Waals surface area contributed by atoms with Gasteiger partial charge in [0.25, 0.3) is 0 Å². The van der Waals surface area contributed by atoms with Gasteiger partial charge in [0.15, 0.2) is 6.10 Å². The second-order valence-corrected chi connectivity index (χ2v) is 12.6. The summed E-state index contributed by atoms with van der Waals surface area (Å²) >= 11 is 15.0. The number of Topliss-reactive ketones (excluding diaryl/α,β-unsaturated/α-hetero) is 1. The SMILES string of the molecule is COc1ccc(C(=O)[C@H](C)OC(=O)[C@H](C(C)C)N2C(=O)[C@@H]3[C@@H](C2=O)C2(Cl)c4ccccc4C3(Cl)c3ccccc32)cc1. The Labute approximate surface area is 253 Å². The molecule has 1 saturated heterocycles. The van der Waals surface area contributed by atoms with Crippen molar-refractivity contribution in [3.05, 3.63) is 101 Å². The molecule has 1 fully saturated rings. The van der Waals surface area contributed by atoms with E-state index in [0.29, 0.717) is 33.6 Å². The van der Waals surface area contributed by atoms with E-state index in [1.807, 2.05) is 48.5 Å². The van der Waals surface area contributed by atoms with Gasteiger partial charge in [0.05, 0.1) is 18.9 Å². The van der Waals surface area contributed by atoms with Crippen LogP contribution in [0.3, 0.4) is 0 Å². The number of carbonyl (C=O) groups is 4. The normalized spacial score (nSPS) is 26.8. The molecule has 0 aromatic heterocycles. The lowest BCUT2D eigenvalue weighted by Crippen LogP contribution is -2.57. The van der Waals surface area contributed by atoms with Crippen molar-refractivity contribution in [1.29, 1.82) is 0 Å². The third kappa shape index (κ3) is 3.72. The maximum absolute atomic E-state index is 14.3. The number of carbonyl (C=O) groups excluding carboxylic acids is 4. The molecule has 1 aliphatic heterocycles. The highest BCUT2D eigenvalue weighted by Gasteiger charge is 2.74. The van der Waals surface area contributed by atoms with Crippen molar-refractivity contribution < 1.29 is 28.7 Å². The van der Waals surface area contributed by atoms with Crippen LogP contribution in [0.2, 0.25) is 0 Å². The average molecular weight is 607 g/mol. The van der Waals surface area contributed by atoms with E-state index in [2.05, 4.69) is 0 Å². The summed E-state index contributed by atoms with van der Waals surface area (Å²) in [5, 5.41) is 0. The monoisotopic (exact) mass is 605 g/mol. The van der Waals surface area contributed by atoms with Crippen LogP contribution in [0.25, 0.3) is 0 Å². The van der Waals surface area contributed by atoms with E-state index in [9.17, 15) is 19.2 Å². The van der Waals surface area contributed by atoms with Crippen LogP contribution < -0.4 is 4.74 Å². The van der Waals surface area contributed by atoms with E-state index in [1.54, 1.807) is 38.1 Å². The lowest BCUT2D eigenvalue weighted by atomic mass is 9.54. The molecular formula is C33H29Cl2NO6. The summed E-state index contributed by atoms with van der Waals surface area (Å²) in [5.41, 5.74) is 3.02. The van der Waals surface area contributed by atoms with Crippen molar-refractivity contribution in [1.82, 2.24) is 4.90 Å². The first-order chi connectivity index (χ1) is 20.0. The van der Waals surface area contributed by atoms with E-state index in [4.69, 9.17) is 32.7 Å². The minimum Gasteiger partial charge on any atom is -0.497 e. The van der Waals surface area contributed by atoms with E-state index in [1.165, 1.54) is 14.0 Å². The summed E-state index contributed by atoms with van der Waals surface area (Å²) < 4.78 is 10.8. The highest BCUT2D eigenvalue weighted by molar-refractivity contribution is 6.36. The molecule has 0 saturated carbocycles. The summed E-state index contributed by atoms with van der Waals surface area (Å²) in [5.74, 6) is -4.47. The second kappa shape index (κ2) is 9.96. The molecule has 9 heteroatoms. The summed E-state index contributed by atoms with van der Waals surface area (Å²) in [6.45, 7) is 4.90. The van der Waals surface area contributed by atoms with Crippen LogP contribution in [-0.4, -0.2) is 47.7 Å². The van der Waals surface area contributed by atoms with Gasteiger partial charge in [0, 0.05) is 5.56 Å². The van der Waals surface area contributed by atoms with Crippen molar-refractivity contribution in [2.75, 3.05) is 7.11 Å². The van der Waals surface area contributed by atoms with E-state index in [0.717, 1.165) is 4.90 Å². The number of methoxy groups -OCH3 is 1. The van der Waals surface area contributed by atoms with Gasteiger partial charge in [0.1, 0.15) is 21.5 Å². The Morgan fingerprint density at radius 3 is 1.57 bits per heavy atom. The maximum atomic E-state index is 14.3. The molecule has 1 heterocycles. The lowest BCUT2D eigenvalue weighted by molar-refractivity contribution is -0.162. The van der Waals surface area contributed by atoms with Gasteiger partial charge in [-0.05, 0) is 59.4 Å². The van der Waals surface area contributed by atoms with Crippen LogP contribution in [0.5, 0.6) is 5.75 Å². The Bertz CT molecular complexity index is 1510. The van der Waals surface area contributed by atoms with Crippen LogP contribution in [0.15, 0.2) is 72.8 Å². The predicted molar refractivity (Wildman–Crippen MR) is 156 cm³/mol. The van der Waals surface area contributed by atoms with Gasteiger partial charge in [-0.1, -0.05) is 62.4 Å². The molecule has 2 bridgehead atoms. The smallest absolute Gasteiger partial charge is 0.330 e. The van der Waals surface area contributed by atoms with Crippen molar-refractivity contribution in [3.8, 4) is 5.75 Å². The number of ketones is 1. The average Bonchev–Trinajstić information content (AvgIpc) is 3.26. The third-order valence-electron chi connectivity index (χ3n) is 8.81. The summed E-state index contributed by atoms with van der Waals surface area (Å²) in [7, 11) is 1.52. The topological polar surface area (TPSA) is 90.0 Å². The molecule has 42 heavy (non-hydrogen) atoms. The first-order valence-electron chi connectivity index (χ1n) is 13.8. The van der Waals surface area contributed by atoms with Crippen LogP contribution in [-0.2, 0) is 28.9 Å². The molecular weight excluding hydrogens is 577 g/mol. The zero-order valence-corrected chi connectivity index (χ0v) is 25.0. The third-order valence-corrected chi connectivity index (χ3v) is 10.1. The standard InChI is InChI=1S/C33H29Cl2NO6/c1-17(2)27(31(40)42-18(3)28(37)19-13-15-20(41-4)16-14-19)36-29(38)25-26(30(36)39)33(35)22-10-6-5-9-21(22)32(25,34)23-11-7-8-12-24(23)33/h5-18,25-27H,1-4H3/t18-,25-,26-,27-,32?,33?/m0/s1. The second-order valence-electron chi connectivity index (χ2n) is 11.4. The molecule has 3 aliphatic carbocycles. The lowest BCUT2D eigenvalue weighted by Gasteiger charge is -2.54. The molecule has 4 aliphatic rings. The van der Waals surface area contributed by atoms with E-state index < -0.39 is 63.2 Å². The molecule has 7 rings (SSSR count). The number of ether oxygens (including phenoxy) is 2. The number of hydrogen-bond acceptors (Lipinski definition) is 6. The summed E-state index contributed by atoms with van der Waals surface area (Å²) in [6.07, 6.45) is -1.16. The van der Waals surface area contributed by atoms with Crippen LogP contribution in [0.1, 0.15) is 53.4 Å². The maximum Gasteiger partial charge on any atom is 0.330 e. The van der Waals surface area contributed by atoms with Gasteiger partial charge in [-0.15, -0.1) is 23.2 Å². The van der Waals surface area contributed by atoms with Gasteiger partial charge in [0.2, 0.25) is 17.6 Å². The van der Waals surface area contributed by atoms with Gasteiger partial charge < -0.3 is 9.47 Å². The number of benzene rings is 3. The van der Waals surface area contributed by atoms with Crippen LogP contribution in [0, 0.1) is 17.8 Å².